The maximum Gasteiger partial charge on any atom is 0.326 e. The minimum atomic E-state index is -0.974. The molecule has 0 saturated heterocycles. The zero-order valence-electron chi connectivity index (χ0n) is 14.3. The van der Waals surface area contributed by atoms with Crippen molar-refractivity contribution >= 4 is 22.6 Å². The number of amides is 1. The summed E-state index contributed by atoms with van der Waals surface area (Å²) in [4.78, 5) is 24.1. The van der Waals surface area contributed by atoms with Gasteiger partial charge in [0.2, 0.25) is 5.91 Å². The van der Waals surface area contributed by atoms with Crippen LogP contribution in [-0.2, 0) is 16.0 Å². The van der Waals surface area contributed by atoms with Gasteiger partial charge in [0, 0.05) is 11.3 Å². The highest BCUT2D eigenvalue weighted by atomic mass is 16.4. The fourth-order valence-corrected chi connectivity index (χ4v) is 3.37. The number of benzene rings is 2. The van der Waals surface area contributed by atoms with Crippen molar-refractivity contribution in [1.29, 1.82) is 0 Å². The van der Waals surface area contributed by atoms with Crippen molar-refractivity contribution in [3.05, 3.63) is 47.5 Å². The molecule has 4 nitrogen and oxygen atoms in total. The van der Waals surface area contributed by atoms with Gasteiger partial charge in [-0.2, -0.15) is 0 Å². The van der Waals surface area contributed by atoms with E-state index in [4.69, 9.17) is 0 Å². The summed E-state index contributed by atoms with van der Waals surface area (Å²) in [6.07, 6.45) is 1.59. The number of nitrogens with one attached hydrogen (secondary N) is 1. The van der Waals surface area contributed by atoms with Crippen molar-refractivity contribution < 1.29 is 14.7 Å². The first-order valence-electron chi connectivity index (χ1n) is 8.33. The third-order valence-corrected chi connectivity index (χ3v) is 4.77. The molecule has 0 aromatic heterocycles. The maximum absolute atomic E-state index is 12.3. The van der Waals surface area contributed by atoms with Gasteiger partial charge in [-0.15, -0.1) is 0 Å². The molecule has 3 rings (SSSR count). The fourth-order valence-electron chi connectivity index (χ4n) is 3.37. The summed E-state index contributed by atoms with van der Waals surface area (Å²) in [6.45, 7) is 5.37. The predicted molar refractivity (Wildman–Crippen MR) is 94.0 cm³/mol. The molecule has 0 fully saturated rings. The summed E-state index contributed by atoms with van der Waals surface area (Å²) in [5.41, 5.74) is 1.63. The first kappa shape index (κ1) is 16.5. The molecular formula is C20H23NO3. The quantitative estimate of drug-likeness (QED) is 0.908. The number of carboxylic acids is 1. The second-order valence-electron chi connectivity index (χ2n) is 7.58. The zero-order chi connectivity index (χ0) is 17.5. The highest BCUT2D eigenvalue weighted by molar-refractivity contribution is 5.88. The standard InChI is InChI=1S/C20H23NO3/c1-20(2,3)19(24)21-17(18(22)23)15-9-8-14-10-12-6-4-5-7-13(12)11-16(14)15/h4-7,10-11,15,17H,8-9H2,1-3H3,(H,21,24)(H,22,23)/t15-,17+/m1/s1. The van der Waals surface area contributed by atoms with E-state index in [1.807, 2.05) is 18.2 Å². The number of hydrogen-bond donors (Lipinski definition) is 2. The van der Waals surface area contributed by atoms with Crippen molar-refractivity contribution in [2.75, 3.05) is 0 Å². The molecular weight excluding hydrogens is 302 g/mol. The van der Waals surface area contributed by atoms with E-state index in [0.29, 0.717) is 0 Å². The summed E-state index contributed by atoms with van der Waals surface area (Å²) in [5.74, 6) is -1.39. The molecule has 24 heavy (non-hydrogen) atoms. The van der Waals surface area contributed by atoms with Gasteiger partial charge in [-0.3, -0.25) is 4.79 Å². The van der Waals surface area contributed by atoms with E-state index >= 15 is 0 Å². The number of aryl methyl sites for hydroxylation is 1. The van der Waals surface area contributed by atoms with Gasteiger partial charge < -0.3 is 10.4 Å². The Hall–Kier alpha value is -2.36. The van der Waals surface area contributed by atoms with Crippen LogP contribution in [0.15, 0.2) is 36.4 Å². The molecule has 2 aromatic carbocycles. The fraction of sp³-hybridized carbons (Fsp3) is 0.400. The normalized spacial score (nSPS) is 18.2. The molecule has 2 N–H and O–H groups in total. The second kappa shape index (κ2) is 5.93. The highest BCUT2D eigenvalue weighted by Gasteiger charge is 2.37. The lowest BCUT2D eigenvalue weighted by Crippen LogP contribution is -2.48. The average Bonchev–Trinajstić information content (AvgIpc) is 2.91. The van der Waals surface area contributed by atoms with E-state index < -0.39 is 17.4 Å². The van der Waals surface area contributed by atoms with Crippen LogP contribution in [0.5, 0.6) is 0 Å². The SMILES string of the molecule is CC(C)(C)C(=O)N[C@H](C(=O)O)[C@@H]1CCc2cc3ccccc3cc21. The van der Waals surface area contributed by atoms with Crippen molar-refractivity contribution in [2.24, 2.45) is 5.41 Å². The largest absolute Gasteiger partial charge is 0.480 e. The van der Waals surface area contributed by atoms with Crippen LogP contribution < -0.4 is 5.32 Å². The predicted octanol–water partition coefficient (Wildman–Crippen LogP) is 3.49. The topological polar surface area (TPSA) is 66.4 Å². The minimum absolute atomic E-state index is 0.187. The van der Waals surface area contributed by atoms with Crippen LogP contribution >= 0.6 is 0 Å². The monoisotopic (exact) mass is 325 g/mol. The Morgan fingerprint density at radius 2 is 1.79 bits per heavy atom. The number of carbonyl (C=O) groups excluding carboxylic acids is 1. The van der Waals surface area contributed by atoms with E-state index in [1.54, 1.807) is 20.8 Å². The van der Waals surface area contributed by atoms with Gasteiger partial charge >= 0.3 is 5.97 Å². The van der Waals surface area contributed by atoms with Gasteiger partial charge in [-0.05, 0) is 34.7 Å². The molecule has 4 heteroatoms. The Kier molecular flexibility index (Phi) is 4.08. The Balaban J connectivity index is 1.96. The van der Waals surface area contributed by atoms with Gasteiger partial charge in [-0.25, -0.2) is 4.79 Å². The third kappa shape index (κ3) is 3.01. The van der Waals surface area contributed by atoms with Gasteiger partial charge in [0.1, 0.15) is 6.04 Å². The molecule has 0 heterocycles. The van der Waals surface area contributed by atoms with E-state index in [9.17, 15) is 14.7 Å². The highest BCUT2D eigenvalue weighted by Crippen LogP contribution is 2.38. The summed E-state index contributed by atoms with van der Waals surface area (Å²) in [6, 6.07) is 11.4. The molecule has 0 radical (unpaired) electrons. The molecule has 126 valence electrons. The molecule has 0 bridgehead atoms. The minimum Gasteiger partial charge on any atom is -0.480 e. The average molecular weight is 325 g/mol. The van der Waals surface area contributed by atoms with Gasteiger partial charge in [0.15, 0.2) is 0 Å². The van der Waals surface area contributed by atoms with Crippen molar-refractivity contribution in [3.63, 3.8) is 0 Å². The Bertz CT molecular complexity index is 804. The number of hydrogen-bond acceptors (Lipinski definition) is 2. The summed E-state index contributed by atoms with van der Waals surface area (Å²) >= 11 is 0. The Morgan fingerprint density at radius 1 is 1.17 bits per heavy atom. The van der Waals surface area contributed by atoms with E-state index in [1.165, 1.54) is 10.9 Å². The Morgan fingerprint density at radius 3 is 2.38 bits per heavy atom. The first-order chi connectivity index (χ1) is 11.3. The Labute approximate surface area is 141 Å². The number of rotatable bonds is 3. The van der Waals surface area contributed by atoms with Crippen LogP contribution in [0, 0.1) is 5.41 Å². The number of fused-ring (bicyclic) bond motifs is 2. The summed E-state index contributed by atoms with van der Waals surface area (Å²) in [7, 11) is 0. The molecule has 1 aliphatic rings. The third-order valence-electron chi connectivity index (χ3n) is 4.77. The van der Waals surface area contributed by atoms with E-state index in [-0.39, 0.29) is 11.8 Å². The van der Waals surface area contributed by atoms with E-state index in [0.717, 1.165) is 23.8 Å². The van der Waals surface area contributed by atoms with Crippen LogP contribution in [0.3, 0.4) is 0 Å². The summed E-state index contributed by atoms with van der Waals surface area (Å²) in [5, 5.41) is 14.7. The van der Waals surface area contributed by atoms with Crippen LogP contribution in [0.4, 0.5) is 0 Å². The lowest BCUT2D eigenvalue weighted by molar-refractivity contribution is -0.144. The second-order valence-corrected chi connectivity index (χ2v) is 7.58. The first-order valence-corrected chi connectivity index (χ1v) is 8.33. The molecule has 1 aliphatic carbocycles. The van der Waals surface area contributed by atoms with Gasteiger partial charge in [-0.1, -0.05) is 57.2 Å². The maximum atomic E-state index is 12.3. The molecule has 0 unspecified atom stereocenters. The van der Waals surface area contributed by atoms with E-state index in [2.05, 4.69) is 23.5 Å². The number of carboxylic acid groups (broad SMARTS) is 1. The zero-order valence-corrected chi connectivity index (χ0v) is 14.3. The van der Waals surface area contributed by atoms with Crippen molar-refractivity contribution in [3.8, 4) is 0 Å². The molecule has 1 amide bonds. The molecule has 2 atom stereocenters. The van der Waals surface area contributed by atoms with Crippen LogP contribution in [0.1, 0.15) is 44.2 Å². The number of aliphatic carboxylic acids is 1. The molecule has 0 aliphatic heterocycles. The van der Waals surface area contributed by atoms with Gasteiger partial charge in [0.25, 0.3) is 0 Å². The lowest BCUT2D eigenvalue weighted by Gasteiger charge is -2.26. The van der Waals surface area contributed by atoms with Gasteiger partial charge in [0.05, 0.1) is 0 Å². The molecule has 2 aromatic rings. The molecule has 0 saturated carbocycles. The smallest absolute Gasteiger partial charge is 0.326 e. The lowest BCUT2D eigenvalue weighted by atomic mass is 9.89. The van der Waals surface area contributed by atoms with Crippen LogP contribution in [0.25, 0.3) is 10.8 Å². The summed E-state index contributed by atoms with van der Waals surface area (Å²) < 4.78 is 0. The van der Waals surface area contributed by atoms with Crippen LogP contribution in [-0.4, -0.2) is 23.0 Å². The molecule has 0 spiro atoms. The van der Waals surface area contributed by atoms with Crippen molar-refractivity contribution in [1.82, 2.24) is 5.32 Å². The van der Waals surface area contributed by atoms with Crippen LogP contribution in [0.2, 0.25) is 0 Å². The van der Waals surface area contributed by atoms with Crippen molar-refractivity contribution in [2.45, 2.75) is 45.6 Å². The number of carbonyl (C=O) groups is 2.